The van der Waals surface area contributed by atoms with E-state index in [-0.39, 0.29) is 37.9 Å². The Morgan fingerprint density at radius 2 is 1.89 bits per heavy atom. The molecular weight excluding hydrogens is 563 g/mol. The highest BCUT2D eigenvalue weighted by atomic mass is 19.1. The third-order valence-electron chi connectivity index (χ3n) is 8.12. The fourth-order valence-electron chi connectivity index (χ4n) is 5.64. The SMILES string of the molecule is N#Cc1ccc2c(c1)COCc1cc(c(F)cc1Cc1nc3ccc(C(=O)O)cc3n1C[C@@H]1CCO1)-c1cccc(n1)OC2. The third kappa shape index (κ3) is 5.39. The highest BCUT2D eigenvalue weighted by Gasteiger charge is 2.24. The Balaban J connectivity index is 1.31. The lowest BCUT2D eigenvalue weighted by atomic mass is 9.98. The van der Waals surface area contributed by atoms with Crippen LogP contribution in [0.1, 0.15) is 50.4 Å². The maximum atomic E-state index is 15.8. The van der Waals surface area contributed by atoms with Gasteiger partial charge >= 0.3 is 5.97 Å². The number of pyridine rings is 1. The van der Waals surface area contributed by atoms with E-state index in [2.05, 4.69) is 11.1 Å². The second-order valence-electron chi connectivity index (χ2n) is 10.9. The predicted molar refractivity (Wildman–Crippen MR) is 157 cm³/mol. The number of carboxylic acid groups (broad SMARTS) is 1. The molecule has 0 aliphatic carbocycles. The lowest BCUT2D eigenvalue weighted by molar-refractivity contribution is -0.0589. The zero-order valence-corrected chi connectivity index (χ0v) is 23.6. The zero-order chi connectivity index (χ0) is 30.2. The van der Waals surface area contributed by atoms with Gasteiger partial charge in [0.05, 0.1) is 59.8 Å². The smallest absolute Gasteiger partial charge is 0.335 e. The largest absolute Gasteiger partial charge is 0.478 e. The van der Waals surface area contributed by atoms with Crippen LogP contribution < -0.4 is 4.74 Å². The summed E-state index contributed by atoms with van der Waals surface area (Å²) in [5.41, 5.74) is 5.91. The average molecular weight is 591 g/mol. The number of hydrogen-bond donors (Lipinski definition) is 1. The maximum absolute atomic E-state index is 15.8. The molecular formula is C34H27FN4O5. The van der Waals surface area contributed by atoms with Gasteiger partial charge in [0.2, 0.25) is 5.88 Å². The number of hydrogen-bond acceptors (Lipinski definition) is 7. The molecule has 4 heterocycles. The number of carbonyl (C=O) groups is 1. The number of rotatable bonds is 5. The summed E-state index contributed by atoms with van der Waals surface area (Å²) in [5, 5.41) is 19.0. The first-order valence-electron chi connectivity index (χ1n) is 14.3. The molecule has 1 atom stereocenters. The molecule has 1 N–H and O–H groups in total. The number of benzene rings is 3. The van der Waals surface area contributed by atoms with Crippen LogP contribution in [0, 0.1) is 17.1 Å². The minimum Gasteiger partial charge on any atom is -0.478 e. The van der Waals surface area contributed by atoms with Gasteiger partial charge in [-0.15, -0.1) is 0 Å². The molecule has 0 saturated carbocycles. The normalized spacial score (nSPS) is 16.0. The van der Waals surface area contributed by atoms with E-state index in [1.165, 1.54) is 12.1 Å². The van der Waals surface area contributed by atoms with Crippen molar-refractivity contribution < 1.29 is 28.5 Å². The van der Waals surface area contributed by atoms with Gasteiger partial charge in [-0.05, 0) is 77.2 Å². The molecule has 1 saturated heterocycles. The second kappa shape index (κ2) is 11.5. The standard InChI is InChI=1S/C34H27FN4O5/c35-28-12-23(14-32-37-30-7-6-21(34(40)41)13-31(30)39(32)16-26-8-9-43-26)25-11-27(28)29-2-1-3-33(38-29)44-19-22-5-4-20(15-36)10-24(22)17-42-18-25/h1-7,10-13,26H,8-9,14,16-19H2,(H,40,41)/t26-/m0/s1. The minimum atomic E-state index is -1.02. The molecule has 10 heteroatoms. The summed E-state index contributed by atoms with van der Waals surface area (Å²) in [6.45, 7) is 1.81. The molecule has 9 nitrogen and oxygen atoms in total. The van der Waals surface area contributed by atoms with Crippen LogP contribution in [0.2, 0.25) is 0 Å². The van der Waals surface area contributed by atoms with E-state index < -0.39 is 11.8 Å². The van der Waals surface area contributed by atoms with Crippen LogP contribution in [0.25, 0.3) is 22.3 Å². The van der Waals surface area contributed by atoms with Crippen molar-refractivity contribution in [2.24, 2.45) is 0 Å². The molecule has 2 aliphatic heterocycles. The first kappa shape index (κ1) is 27.7. The predicted octanol–water partition coefficient (Wildman–Crippen LogP) is 5.80. The highest BCUT2D eigenvalue weighted by molar-refractivity contribution is 5.92. The Labute approximate surface area is 252 Å². The van der Waals surface area contributed by atoms with Crippen molar-refractivity contribution in [2.75, 3.05) is 6.61 Å². The van der Waals surface area contributed by atoms with Crippen molar-refractivity contribution in [2.45, 2.75) is 45.3 Å². The number of carboxylic acids is 1. The zero-order valence-electron chi connectivity index (χ0n) is 23.6. The van der Waals surface area contributed by atoms with Gasteiger partial charge in [0, 0.05) is 24.7 Å². The molecule has 3 aromatic carbocycles. The Bertz CT molecular complexity index is 1960. The highest BCUT2D eigenvalue weighted by Crippen LogP contribution is 2.31. The molecule has 2 aromatic heterocycles. The summed E-state index contributed by atoms with van der Waals surface area (Å²) in [6.07, 6.45) is 1.17. The van der Waals surface area contributed by atoms with Gasteiger partial charge in [-0.25, -0.2) is 19.2 Å². The summed E-state index contributed by atoms with van der Waals surface area (Å²) in [5.74, 6) is -0.436. The Morgan fingerprint density at radius 1 is 1.02 bits per heavy atom. The van der Waals surface area contributed by atoms with Gasteiger partial charge in [-0.2, -0.15) is 5.26 Å². The van der Waals surface area contributed by atoms with Gasteiger partial charge < -0.3 is 23.9 Å². The van der Waals surface area contributed by atoms with E-state index in [0.717, 1.165) is 23.1 Å². The van der Waals surface area contributed by atoms with Crippen LogP contribution in [0.4, 0.5) is 4.39 Å². The quantitative estimate of drug-likeness (QED) is 0.273. The van der Waals surface area contributed by atoms with Crippen LogP contribution in [0.5, 0.6) is 5.88 Å². The molecule has 7 rings (SSSR count). The van der Waals surface area contributed by atoms with Crippen LogP contribution in [0.3, 0.4) is 0 Å². The molecule has 0 spiro atoms. The molecule has 0 unspecified atom stereocenters. The molecule has 1 fully saturated rings. The van der Waals surface area contributed by atoms with E-state index in [4.69, 9.17) is 19.2 Å². The number of halogens is 1. The third-order valence-corrected chi connectivity index (χ3v) is 8.12. The van der Waals surface area contributed by atoms with Gasteiger partial charge in [-0.1, -0.05) is 12.1 Å². The monoisotopic (exact) mass is 590 g/mol. The van der Waals surface area contributed by atoms with Crippen LogP contribution >= 0.6 is 0 Å². The van der Waals surface area contributed by atoms with Gasteiger partial charge in [0.1, 0.15) is 18.2 Å². The van der Waals surface area contributed by atoms with Crippen LogP contribution in [0.15, 0.2) is 66.7 Å². The van der Waals surface area contributed by atoms with Crippen molar-refractivity contribution in [3.8, 4) is 23.2 Å². The van der Waals surface area contributed by atoms with E-state index >= 15 is 4.39 Å². The summed E-state index contributed by atoms with van der Waals surface area (Å²) in [4.78, 5) is 21.1. The second-order valence-corrected chi connectivity index (χ2v) is 10.9. The van der Waals surface area contributed by atoms with Crippen molar-refractivity contribution in [3.05, 3.63) is 112 Å². The fourth-order valence-corrected chi connectivity index (χ4v) is 5.64. The number of nitrogens with zero attached hydrogens (tertiary/aromatic N) is 4. The number of nitriles is 1. The van der Waals surface area contributed by atoms with Gasteiger partial charge in [0.25, 0.3) is 0 Å². The number of aromatic carboxylic acids is 1. The molecule has 220 valence electrons. The van der Waals surface area contributed by atoms with Crippen molar-refractivity contribution >= 4 is 17.0 Å². The van der Waals surface area contributed by atoms with Crippen molar-refractivity contribution in [1.29, 1.82) is 5.26 Å². The lowest BCUT2D eigenvalue weighted by Crippen LogP contribution is -2.31. The summed E-state index contributed by atoms with van der Waals surface area (Å²) in [7, 11) is 0. The van der Waals surface area contributed by atoms with E-state index in [1.54, 1.807) is 48.5 Å². The average Bonchev–Trinajstić information content (AvgIpc) is 3.34. The molecule has 4 bridgehead atoms. The number of imidazole rings is 1. The number of fused-ring (bicyclic) bond motifs is 7. The van der Waals surface area contributed by atoms with Gasteiger partial charge in [-0.3, -0.25) is 0 Å². The lowest BCUT2D eigenvalue weighted by Gasteiger charge is -2.27. The molecule has 44 heavy (non-hydrogen) atoms. The molecule has 2 aliphatic rings. The Morgan fingerprint density at radius 3 is 2.68 bits per heavy atom. The fraction of sp³-hybridized carbons (Fsp3) is 0.235. The number of aromatic nitrogens is 3. The van der Waals surface area contributed by atoms with Crippen LogP contribution in [-0.2, 0) is 42.3 Å². The first-order chi connectivity index (χ1) is 21.4. The van der Waals surface area contributed by atoms with E-state index in [0.29, 0.717) is 58.3 Å². The topological polar surface area (TPSA) is 119 Å². The van der Waals surface area contributed by atoms with E-state index in [9.17, 15) is 15.2 Å². The van der Waals surface area contributed by atoms with Crippen LogP contribution in [-0.4, -0.2) is 38.3 Å². The van der Waals surface area contributed by atoms with Gasteiger partial charge in [0.15, 0.2) is 0 Å². The van der Waals surface area contributed by atoms with Crippen molar-refractivity contribution in [1.82, 2.24) is 14.5 Å². The summed E-state index contributed by atoms with van der Waals surface area (Å²) < 4.78 is 35.6. The minimum absolute atomic E-state index is 0.00466. The molecule has 0 radical (unpaired) electrons. The van der Waals surface area contributed by atoms with E-state index in [1.807, 2.05) is 10.6 Å². The number of ether oxygens (including phenoxy) is 3. The molecule has 5 aromatic rings. The summed E-state index contributed by atoms with van der Waals surface area (Å²) >= 11 is 0. The molecule has 0 amide bonds. The Hall–Kier alpha value is -5.11. The Kier molecular flexibility index (Phi) is 7.26. The maximum Gasteiger partial charge on any atom is 0.335 e. The van der Waals surface area contributed by atoms with Crippen molar-refractivity contribution in [3.63, 3.8) is 0 Å². The summed E-state index contributed by atoms with van der Waals surface area (Å²) in [6, 6.07) is 20.9. The first-order valence-corrected chi connectivity index (χ1v) is 14.3.